The van der Waals surface area contributed by atoms with Gasteiger partial charge < -0.3 is 15.0 Å². The van der Waals surface area contributed by atoms with E-state index in [9.17, 15) is 18.0 Å². The van der Waals surface area contributed by atoms with Crippen LogP contribution in [0.25, 0.3) is 0 Å². The molecule has 1 aromatic carbocycles. The van der Waals surface area contributed by atoms with Gasteiger partial charge in [0.05, 0.1) is 19.4 Å². The third-order valence-corrected chi connectivity index (χ3v) is 5.46. The molecule has 2 rings (SSSR count). The average Bonchev–Trinajstić information content (AvgIpc) is 2.60. The smallest absolute Gasteiger partial charge is 0.409 e. The van der Waals surface area contributed by atoms with Crippen LogP contribution in [-0.4, -0.2) is 68.2 Å². The molecular weight excluding hydrogens is 358 g/mol. The number of piperidine rings is 1. The largest absolute Gasteiger partial charge is 0.450 e. The Morgan fingerprint density at radius 3 is 2.38 bits per heavy atom. The van der Waals surface area contributed by atoms with E-state index >= 15 is 0 Å². The second-order valence-electron chi connectivity index (χ2n) is 6.14. The van der Waals surface area contributed by atoms with Gasteiger partial charge >= 0.3 is 6.09 Å². The van der Waals surface area contributed by atoms with Gasteiger partial charge in [0, 0.05) is 24.8 Å². The Bertz CT molecular complexity index is 715. The third kappa shape index (κ3) is 5.70. The number of carbonyl (C=O) groups excluding carboxylic acids is 2. The fourth-order valence-electron chi connectivity index (χ4n) is 2.93. The lowest BCUT2D eigenvalue weighted by atomic mass is 10.1. The minimum atomic E-state index is -3.56. The average molecular weight is 383 g/mol. The predicted octanol–water partition coefficient (Wildman–Crippen LogP) is 1.51. The van der Waals surface area contributed by atoms with Gasteiger partial charge in [-0.25, -0.2) is 13.2 Å². The number of para-hydroxylation sites is 1. The molecule has 8 nitrogen and oxygen atoms in total. The number of anilines is 1. The number of nitrogens with one attached hydrogen (secondary N) is 1. The first-order valence-corrected chi connectivity index (χ1v) is 10.4. The lowest BCUT2D eigenvalue weighted by Crippen LogP contribution is -2.50. The maximum absolute atomic E-state index is 12.3. The van der Waals surface area contributed by atoms with Gasteiger partial charge in [-0.05, 0) is 31.9 Å². The number of hydrogen-bond donors (Lipinski definition) is 1. The number of hydrogen-bond acceptors (Lipinski definition) is 5. The molecule has 0 atom stereocenters. The van der Waals surface area contributed by atoms with E-state index in [4.69, 9.17) is 4.74 Å². The van der Waals surface area contributed by atoms with Crippen LogP contribution in [0.15, 0.2) is 30.3 Å². The van der Waals surface area contributed by atoms with Crippen molar-refractivity contribution in [2.75, 3.05) is 37.8 Å². The molecule has 0 unspecified atom stereocenters. The molecule has 1 N–H and O–H groups in total. The summed E-state index contributed by atoms with van der Waals surface area (Å²) in [6.45, 7) is 2.58. The van der Waals surface area contributed by atoms with Gasteiger partial charge in [-0.2, -0.15) is 4.31 Å². The van der Waals surface area contributed by atoms with Crippen molar-refractivity contribution in [3.05, 3.63) is 30.3 Å². The number of amides is 2. The number of benzene rings is 1. The number of rotatable bonds is 6. The number of sulfonamides is 1. The molecule has 1 heterocycles. The zero-order valence-electron chi connectivity index (χ0n) is 15.1. The third-order valence-electron chi connectivity index (χ3n) is 4.18. The lowest BCUT2D eigenvalue weighted by molar-refractivity contribution is -0.116. The second-order valence-corrected chi connectivity index (χ2v) is 8.07. The topological polar surface area (TPSA) is 96.0 Å². The molecule has 0 aromatic heterocycles. The van der Waals surface area contributed by atoms with E-state index in [0.29, 0.717) is 38.2 Å². The highest BCUT2D eigenvalue weighted by Crippen LogP contribution is 2.20. The number of ether oxygens (including phenoxy) is 1. The van der Waals surface area contributed by atoms with Crippen LogP contribution in [0, 0.1) is 0 Å². The van der Waals surface area contributed by atoms with Crippen LogP contribution in [0.5, 0.6) is 0 Å². The molecule has 1 aliphatic heterocycles. The standard InChI is InChI=1S/C17H25N3O5S/c1-3-25-17(22)19-11-9-15(10-12-19)20(26(2,23)24)13-16(21)18-14-7-5-4-6-8-14/h4-8,15H,3,9-13H2,1-2H3,(H,18,21). The van der Waals surface area contributed by atoms with Crippen molar-refractivity contribution in [3.8, 4) is 0 Å². The summed E-state index contributed by atoms with van der Waals surface area (Å²) in [5.74, 6) is -0.394. The van der Waals surface area contributed by atoms with Crippen molar-refractivity contribution < 1.29 is 22.7 Å². The molecule has 2 amide bonds. The Balaban J connectivity index is 1.98. The first-order valence-electron chi connectivity index (χ1n) is 8.54. The number of carbonyl (C=O) groups is 2. The quantitative estimate of drug-likeness (QED) is 0.803. The fourth-order valence-corrected chi connectivity index (χ4v) is 4.04. The van der Waals surface area contributed by atoms with Crippen molar-refractivity contribution in [1.82, 2.24) is 9.21 Å². The summed E-state index contributed by atoms with van der Waals surface area (Å²) in [7, 11) is -3.56. The monoisotopic (exact) mass is 383 g/mol. The molecule has 1 aromatic rings. The minimum Gasteiger partial charge on any atom is -0.450 e. The number of nitrogens with zero attached hydrogens (tertiary/aromatic N) is 2. The molecule has 1 aliphatic rings. The van der Waals surface area contributed by atoms with Gasteiger partial charge in [-0.15, -0.1) is 0 Å². The zero-order chi connectivity index (χ0) is 19.2. The van der Waals surface area contributed by atoms with E-state index in [2.05, 4.69) is 5.32 Å². The Morgan fingerprint density at radius 1 is 1.23 bits per heavy atom. The van der Waals surface area contributed by atoms with Crippen molar-refractivity contribution >= 4 is 27.7 Å². The Kier molecular flexibility index (Phi) is 6.98. The Morgan fingerprint density at radius 2 is 1.85 bits per heavy atom. The van der Waals surface area contributed by atoms with Crippen molar-refractivity contribution in [3.63, 3.8) is 0 Å². The van der Waals surface area contributed by atoms with Gasteiger partial charge in [0.25, 0.3) is 0 Å². The molecule has 0 aliphatic carbocycles. The van der Waals surface area contributed by atoms with Crippen molar-refractivity contribution in [2.45, 2.75) is 25.8 Å². The maximum Gasteiger partial charge on any atom is 0.409 e. The summed E-state index contributed by atoms with van der Waals surface area (Å²) in [5.41, 5.74) is 0.614. The number of likely N-dealkylation sites (tertiary alicyclic amines) is 1. The molecule has 1 saturated heterocycles. The highest BCUT2D eigenvalue weighted by atomic mass is 32.2. The van der Waals surface area contributed by atoms with Crippen LogP contribution in [0.2, 0.25) is 0 Å². The van der Waals surface area contributed by atoms with Crippen LogP contribution in [0.4, 0.5) is 10.5 Å². The van der Waals surface area contributed by atoms with Crippen LogP contribution >= 0.6 is 0 Å². The summed E-state index contributed by atoms with van der Waals surface area (Å²) in [4.78, 5) is 25.6. The molecule has 144 valence electrons. The van der Waals surface area contributed by atoms with Gasteiger partial charge in [0.1, 0.15) is 0 Å². The highest BCUT2D eigenvalue weighted by molar-refractivity contribution is 7.88. The Labute approximate surface area is 154 Å². The van der Waals surface area contributed by atoms with E-state index in [1.165, 1.54) is 4.31 Å². The Hall–Kier alpha value is -2.13. The van der Waals surface area contributed by atoms with Crippen molar-refractivity contribution in [1.29, 1.82) is 0 Å². The van der Waals surface area contributed by atoms with Gasteiger partial charge in [0.15, 0.2) is 0 Å². The van der Waals surface area contributed by atoms with E-state index in [-0.39, 0.29) is 12.6 Å². The first kappa shape index (κ1) is 20.2. The van der Waals surface area contributed by atoms with Gasteiger partial charge in [-0.1, -0.05) is 18.2 Å². The predicted molar refractivity (Wildman–Crippen MR) is 98.2 cm³/mol. The highest BCUT2D eigenvalue weighted by Gasteiger charge is 2.33. The normalized spacial score (nSPS) is 15.7. The molecule has 0 radical (unpaired) electrons. The summed E-state index contributed by atoms with van der Waals surface area (Å²) < 4.78 is 30.5. The molecule has 0 saturated carbocycles. The summed E-state index contributed by atoms with van der Waals surface area (Å²) in [6, 6.07) is 8.55. The summed E-state index contributed by atoms with van der Waals surface area (Å²) in [6.07, 6.45) is 1.63. The molecule has 26 heavy (non-hydrogen) atoms. The van der Waals surface area contributed by atoms with Crippen LogP contribution in [0.3, 0.4) is 0 Å². The summed E-state index contributed by atoms with van der Waals surface area (Å²) >= 11 is 0. The van der Waals surface area contributed by atoms with Crippen LogP contribution < -0.4 is 5.32 Å². The van der Waals surface area contributed by atoms with E-state index in [1.807, 2.05) is 6.07 Å². The molecule has 0 spiro atoms. The van der Waals surface area contributed by atoms with Gasteiger partial charge in [-0.3, -0.25) is 4.79 Å². The fraction of sp³-hybridized carbons (Fsp3) is 0.529. The molecular formula is C17H25N3O5S. The molecule has 0 bridgehead atoms. The van der Waals surface area contributed by atoms with E-state index < -0.39 is 22.0 Å². The first-order chi connectivity index (χ1) is 12.3. The second kappa shape index (κ2) is 9.00. The summed E-state index contributed by atoms with van der Waals surface area (Å²) in [5, 5.41) is 2.70. The van der Waals surface area contributed by atoms with Crippen molar-refractivity contribution in [2.24, 2.45) is 0 Å². The maximum atomic E-state index is 12.3. The minimum absolute atomic E-state index is 0.252. The lowest BCUT2D eigenvalue weighted by Gasteiger charge is -2.36. The van der Waals surface area contributed by atoms with E-state index in [1.54, 1.807) is 36.1 Å². The molecule has 9 heteroatoms. The van der Waals surface area contributed by atoms with Crippen LogP contribution in [-0.2, 0) is 19.6 Å². The van der Waals surface area contributed by atoms with Gasteiger partial charge in [0.2, 0.25) is 15.9 Å². The molecule has 1 fully saturated rings. The SMILES string of the molecule is CCOC(=O)N1CCC(N(CC(=O)Nc2ccccc2)S(C)(=O)=O)CC1. The van der Waals surface area contributed by atoms with Crippen LogP contribution in [0.1, 0.15) is 19.8 Å². The zero-order valence-corrected chi connectivity index (χ0v) is 15.9. The van der Waals surface area contributed by atoms with E-state index in [0.717, 1.165) is 6.26 Å².